The van der Waals surface area contributed by atoms with Crippen molar-refractivity contribution in [3.63, 3.8) is 0 Å². The smallest absolute Gasteiger partial charge is 0.255 e. The largest absolute Gasteiger partial charge is 0.399 e. The number of anilines is 2. The molecule has 0 aliphatic carbocycles. The highest BCUT2D eigenvalue weighted by atomic mass is 16.1. The van der Waals surface area contributed by atoms with Gasteiger partial charge in [-0.3, -0.25) is 4.79 Å². The number of amides is 1. The lowest BCUT2D eigenvalue weighted by Crippen LogP contribution is -2.11. The molecule has 0 bridgehead atoms. The molecule has 0 atom stereocenters. The van der Waals surface area contributed by atoms with Crippen LogP contribution in [-0.4, -0.2) is 5.91 Å². The maximum Gasteiger partial charge on any atom is 0.255 e. The fourth-order valence-electron chi connectivity index (χ4n) is 1.31. The van der Waals surface area contributed by atoms with E-state index in [2.05, 4.69) is 11.4 Å². The van der Waals surface area contributed by atoms with Gasteiger partial charge >= 0.3 is 0 Å². The average Bonchev–Trinajstić information content (AvgIpc) is 2.31. The van der Waals surface area contributed by atoms with Gasteiger partial charge in [-0.15, -0.1) is 0 Å². The summed E-state index contributed by atoms with van der Waals surface area (Å²) in [4.78, 5) is 11.8. The highest BCUT2D eigenvalue weighted by Gasteiger charge is 2.04. The van der Waals surface area contributed by atoms with Gasteiger partial charge in [0.1, 0.15) is 0 Å². The number of nitrogen functional groups attached to an aromatic ring is 1. The lowest BCUT2D eigenvalue weighted by molar-refractivity contribution is 0.102. The second kappa shape index (κ2) is 4.49. The van der Waals surface area contributed by atoms with E-state index < -0.39 is 0 Å². The molecule has 3 heteroatoms. The van der Waals surface area contributed by atoms with Gasteiger partial charge in [0.15, 0.2) is 0 Å². The van der Waals surface area contributed by atoms with E-state index in [0.717, 1.165) is 5.69 Å². The van der Waals surface area contributed by atoms with Crippen LogP contribution >= 0.6 is 0 Å². The highest BCUT2D eigenvalue weighted by molar-refractivity contribution is 6.04. The molecule has 2 rings (SSSR count). The summed E-state index contributed by atoms with van der Waals surface area (Å²) in [6, 6.07) is 16.7. The molecule has 2 aromatic rings. The summed E-state index contributed by atoms with van der Waals surface area (Å²) in [6.45, 7) is 0. The molecule has 0 saturated heterocycles. The summed E-state index contributed by atoms with van der Waals surface area (Å²) < 4.78 is 0. The summed E-state index contributed by atoms with van der Waals surface area (Å²) in [5.74, 6) is -0.147. The molecule has 0 aliphatic rings. The Hall–Kier alpha value is -2.29. The van der Waals surface area contributed by atoms with Gasteiger partial charge in [0.2, 0.25) is 0 Å². The van der Waals surface area contributed by atoms with Crippen LogP contribution in [-0.2, 0) is 0 Å². The molecular formula is C13H11N2O. The zero-order valence-electron chi connectivity index (χ0n) is 8.60. The number of hydrogen-bond donors (Lipinski definition) is 2. The standard InChI is InChI=1S/C13H11N2O/c14-11-8-6-10(7-9-11)13(16)15-12-4-2-1-3-5-12/h2-9H,14H2,(H,15,16). The zero-order chi connectivity index (χ0) is 11.4. The van der Waals surface area contributed by atoms with Gasteiger partial charge in [-0.1, -0.05) is 12.1 Å². The first kappa shape index (κ1) is 10.2. The second-order valence-corrected chi connectivity index (χ2v) is 3.36. The second-order valence-electron chi connectivity index (χ2n) is 3.36. The molecule has 0 unspecified atom stereocenters. The third kappa shape index (κ3) is 2.39. The van der Waals surface area contributed by atoms with E-state index in [1.54, 1.807) is 48.5 Å². The molecule has 1 radical (unpaired) electrons. The Labute approximate surface area is 93.9 Å². The third-order valence-corrected chi connectivity index (χ3v) is 2.15. The van der Waals surface area contributed by atoms with Crippen LogP contribution in [0.15, 0.2) is 48.5 Å². The van der Waals surface area contributed by atoms with Gasteiger partial charge in [-0.2, -0.15) is 0 Å². The zero-order valence-corrected chi connectivity index (χ0v) is 8.60. The van der Waals surface area contributed by atoms with Crippen molar-refractivity contribution in [3.8, 4) is 0 Å². The van der Waals surface area contributed by atoms with Crippen LogP contribution in [0.3, 0.4) is 0 Å². The van der Waals surface area contributed by atoms with Crippen molar-refractivity contribution >= 4 is 17.3 Å². The average molecular weight is 211 g/mol. The molecule has 3 N–H and O–H groups in total. The van der Waals surface area contributed by atoms with Gasteiger partial charge in [-0.25, -0.2) is 0 Å². The summed E-state index contributed by atoms with van der Waals surface area (Å²) in [6.07, 6.45) is 0. The summed E-state index contributed by atoms with van der Waals surface area (Å²) in [7, 11) is 0. The molecule has 3 nitrogen and oxygen atoms in total. The normalized spacial score (nSPS) is 9.75. The molecule has 0 fully saturated rings. The third-order valence-electron chi connectivity index (χ3n) is 2.15. The van der Waals surface area contributed by atoms with Crippen molar-refractivity contribution in [2.24, 2.45) is 0 Å². The number of carbonyl (C=O) groups excluding carboxylic acids is 1. The number of benzene rings is 2. The Bertz CT molecular complexity index is 477. The summed E-state index contributed by atoms with van der Waals surface area (Å²) >= 11 is 0. The number of rotatable bonds is 2. The predicted molar refractivity (Wildman–Crippen MR) is 64.1 cm³/mol. The lowest BCUT2D eigenvalue weighted by atomic mass is 10.2. The monoisotopic (exact) mass is 211 g/mol. The molecule has 0 aliphatic heterocycles. The van der Waals surface area contributed by atoms with E-state index in [1.165, 1.54) is 0 Å². The van der Waals surface area contributed by atoms with E-state index in [4.69, 9.17) is 5.73 Å². The molecular weight excluding hydrogens is 200 g/mol. The Kier molecular flexibility index (Phi) is 2.87. The Morgan fingerprint density at radius 1 is 1.06 bits per heavy atom. The fourth-order valence-corrected chi connectivity index (χ4v) is 1.31. The van der Waals surface area contributed by atoms with Gasteiger partial charge in [-0.05, 0) is 42.5 Å². The van der Waals surface area contributed by atoms with E-state index in [-0.39, 0.29) is 5.91 Å². The fraction of sp³-hybridized carbons (Fsp3) is 0. The van der Waals surface area contributed by atoms with Crippen LogP contribution in [0, 0.1) is 6.07 Å². The van der Waals surface area contributed by atoms with Crippen molar-refractivity contribution in [1.82, 2.24) is 0 Å². The summed E-state index contributed by atoms with van der Waals surface area (Å²) in [5.41, 5.74) is 7.52. The minimum atomic E-state index is -0.147. The molecule has 79 valence electrons. The Morgan fingerprint density at radius 2 is 1.69 bits per heavy atom. The summed E-state index contributed by atoms with van der Waals surface area (Å²) in [5, 5.41) is 2.78. The predicted octanol–water partition coefficient (Wildman–Crippen LogP) is 2.32. The van der Waals surface area contributed by atoms with Gasteiger partial charge < -0.3 is 11.1 Å². The van der Waals surface area contributed by atoms with Crippen molar-refractivity contribution in [2.75, 3.05) is 11.1 Å². The van der Waals surface area contributed by atoms with Crippen LogP contribution in [0.5, 0.6) is 0 Å². The molecule has 0 aromatic heterocycles. The maximum atomic E-state index is 11.8. The van der Waals surface area contributed by atoms with E-state index in [9.17, 15) is 4.79 Å². The van der Waals surface area contributed by atoms with Gasteiger partial charge in [0, 0.05) is 16.9 Å². The van der Waals surface area contributed by atoms with Crippen molar-refractivity contribution in [3.05, 3.63) is 60.2 Å². The molecule has 0 heterocycles. The lowest BCUT2D eigenvalue weighted by Gasteiger charge is -2.04. The van der Waals surface area contributed by atoms with Crippen LogP contribution < -0.4 is 11.1 Å². The Morgan fingerprint density at radius 3 is 2.31 bits per heavy atom. The van der Waals surface area contributed by atoms with Crippen LogP contribution in [0.4, 0.5) is 11.4 Å². The van der Waals surface area contributed by atoms with Gasteiger partial charge in [0.25, 0.3) is 5.91 Å². The first-order valence-corrected chi connectivity index (χ1v) is 4.89. The molecule has 0 saturated carbocycles. The molecule has 2 aromatic carbocycles. The minimum Gasteiger partial charge on any atom is -0.399 e. The quantitative estimate of drug-likeness (QED) is 0.749. The SMILES string of the molecule is Nc1ccc(C(=O)Nc2cc[c]cc2)cc1. The van der Waals surface area contributed by atoms with E-state index >= 15 is 0 Å². The molecule has 1 amide bonds. The highest BCUT2D eigenvalue weighted by Crippen LogP contribution is 2.10. The van der Waals surface area contributed by atoms with E-state index in [0.29, 0.717) is 11.3 Å². The molecule has 16 heavy (non-hydrogen) atoms. The van der Waals surface area contributed by atoms with E-state index in [1.807, 2.05) is 0 Å². The van der Waals surface area contributed by atoms with Crippen molar-refractivity contribution in [1.29, 1.82) is 0 Å². The number of nitrogens with one attached hydrogen (secondary N) is 1. The number of hydrogen-bond acceptors (Lipinski definition) is 2. The minimum absolute atomic E-state index is 0.147. The number of carbonyl (C=O) groups is 1. The topological polar surface area (TPSA) is 55.1 Å². The van der Waals surface area contributed by atoms with Crippen molar-refractivity contribution in [2.45, 2.75) is 0 Å². The Balaban J connectivity index is 2.12. The molecule has 0 spiro atoms. The van der Waals surface area contributed by atoms with Crippen LogP contribution in [0.25, 0.3) is 0 Å². The maximum absolute atomic E-state index is 11.8. The van der Waals surface area contributed by atoms with Gasteiger partial charge in [0.05, 0.1) is 0 Å². The van der Waals surface area contributed by atoms with Crippen LogP contribution in [0.1, 0.15) is 10.4 Å². The number of nitrogens with two attached hydrogens (primary N) is 1. The van der Waals surface area contributed by atoms with Crippen LogP contribution in [0.2, 0.25) is 0 Å². The first-order valence-electron chi connectivity index (χ1n) is 4.89. The first-order chi connectivity index (χ1) is 7.75. The van der Waals surface area contributed by atoms with Crippen molar-refractivity contribution < 1.29 is 4.79 Å².